The summed E-state index contributed by atoms with van der Waals surface area (Å²) in [6.07, 6.45) is 8.84. The van der Waals surface area contributed by atoms with Crippen molar-refractivity contribution in [2.75, 3.05) is 6.67 Å². The van der Waals surface area contributed by atoms with E-state index in [2.05, 4.69) is 6.92 Å². The average Bonchev–Trinajstić information content (AvgIpc) is 2.82. The van der Waals surface area contributed by atoms with Gasteiger partial charge in [0.1, 0.15) is 0 Å². The van der Waals surface area contributed by atoms with Crippen molar-refractivity contribution in [3.63, 3.8) is 0 Å². The average molecular weight is 306 g/mol. The normalized spacial score (nSPS) is 50.9. The smallest absolute Gasteiger partial charge is 0.155 e. The lowest BCUT2D eigenvalue weighted by atomic mass is 9.47. The van der Waals surface area contributed by atoms with Crippen molar-refractivity contribution in [3.05, 3.63) is 11.6 Å². The molecule has 3 saturated carbocycles. The number of allylic oxidation sites excluding steroid dienone is 1. The van der Waals surface area contributed by atoms with E-state index < -0.39 is 0 Å². The molecule has 122 valence electrons. The first-order valence-electron chi connectivity index (χ1n) is 8.99. The van der Waals surface area contributed by atoms with Crippen molar-refractivity contribution in [2.45, 2.75) is 64.4 Å². The van der Waals surface area contributed by atoms with Crippen LogP contribution in [0.3, 0.4) is 0 Å². The molecule has 0 heterocycles. The number of aliphatic hydroxyl groups excluding tert-OH is 1. The number of alkyl halides is 1. The number of halogens is 1. The molecule has 0 aliphatic heterocycles. The van der Waals surface area contributed by atoms with Crippen LogP contribution in [0.2, 0.25) is 0 Å². The van der Waals surface area contributed by atoms with Crippen LogP contribution < -0.4 is 0 Å². The molecule has 2 nitrogen and oxygen atoms in total. The van der Waals surface area contributed by atoms with Gasteiger partial charge in [0.2, 0.25) is 0 Å². The van der Waals surface area contributed by atoms with E-state index >= 15 is 0 Å². The van der Waals surface area contributed by atoms with Gasteiger partial charge in [0.15, 0.2) is 5.78 Å². The third-order valence-corrected chi connectivity index (χ3v) is 7.87. The summed E-state index contributed by atoms with van der Waals surface area (Å²) >= 11 is 0. The SMILES string of the molecule is C[C@]12CC[C@H]3[C@@H](CCC4=CC(=O)CC[C@@]43CF)[C@@H]1CCC2O. The summed E-state index contributed by atoms with van der Waals surface area (Å²) in [6.45, 7) is 1.95. The Morgan fingerprint density at radius 3 is 2.77 bits per heavy atom. The number of aliphatic hydroxyl groups is 1. The van der Waals surface area contributed by atoms with Gasteiger partial charge >= 0.3 is 0 Å². The molecule has 3 heteroatoms. The number of hydrogen-bond acceptors (Lipinski definition) is 2. The standard InChI is InChI=1S/C19H27FO2/c1-18-8-7-16-14(15(18)4-5-17(18)22)3-2-12-10-13(21)6-9-19(12,16)11-20/h10,14-17,22H,2-9,11H2,1H3/t14-,15-,16-,17?,18-,19+/m0/s1. The number of fused-ring (bicyclic) bond motifs is 5. The Morgan fingerprint density at radius 2 is 2.00 bits per heavy atom. The molecule has 6 atom stereocenters. The quantitative estimate of drug-likeness (QED) is 0.799. The van der Waals surface area contributed by atoms with E-state index in [-0.39, 0.29) is 29.4 Å². The Balaban J connectivity index is 1.71. The van der Waals surface area contributed by atoms with Crippen molar-refractivity contribution in [2.24, 2.45) is 28.6 Å². The van der Waals surface area contributed by atoms with Crippen molar-refractivity contribution < 1.29 is 14.3 Å². The molecule has 0 aromatic carbocycles. The molecule has 0 spiro atoms. The maximum atomic E-state index is 14.2. The minimum Gasteiger partial charge on any atom is -0.393 e. The second-order valence-electron chi connectivity index (χ2n) is 8.48. The van der Waals surface area contributed by atoms with Gasteiger partial charge in [0.25, 0.3) is 0 Å². The monoisotopic (exact) mass is 306 g/mol. The van der Waals surface area contributed by atoms with E-state index in [9.17, 15) is 14.3 Å². The molecule has 4 aliphatic rings. The van der Waals surface area contributed by atoms with Crippen molar-refractivity contribution in [3.8, 4) is 0 Å². The molecule has 1 N–H and O–H groups in total. The van der Waals surface area contributed by atoms with Crippen LogP contribution in [0.5, 0.6) is 0 Å². The second-order valence-corrected chi connectivity index (χ2v) is 8.48. The zero-order chi connectivity index (χ0) is 15.5. The Hall–Kier alpha value is -0.700. The van der Waals surface area contributed by atoms with Crippen molar-refractivity contribution in [1.29, 1.82) is 0 Å². The molecule has 0 aromatic heterocycles. The van der Waals surface area contributed by atoms with Crippen LogP contribution in [0.1, 0.15) is 58.3 Å². The highest BCUT2D eigenvalue weighted by atomic mass is 19.1. The van der Waals surface area contributed by atoms with Gasteiger partial charge < -0.3 is 5.11 Å². The minimum atomic E-state index is -0.355. The fourth-order valence-electron chi connectivity index (χ4n) is 6.58. The third-order valence-electron chi connectivity index (χ3n) is 7.87. The highest BCUT2D eigenvalue weighted by molar-refractivity contribution is 5.91. The summed E-state index contributed by atoms with van der Waals surface area (Å²) < 4.78 is 14.2. The molecule has 0 saturated heterocycles. The van der Waals surface area contributed by atoms with E-state index in [1.807, 2.05) is 0 Å². The summed E-state index contributed by atoms with van der Waals surface area (Å²) in [5.74, 6) is 1.66. The van der Waals surface area contributed by atoms with Crippen LogP contribution in [0.4, 0.5) is 4.39 Å². The largest absolute Gasteiger partial charge is 0.393 e. The molecular formula is C19H27FO2. The number of carbonyl (C=O) groups is 1. The number of rotatable bonds is 1. The Bertz CT molecular complexity index is 528. The lowest BCUT2D eigenvalue weighted by Gasteiger charge is -2.57. The van der Waals surface area contributed by atoms with Gasteiger partial charge in [-0.1, -0.05) is 12.5 Å². The molecule has 4 aliphatic carbocycles. The Kier molecular flexibility index (Phi) is 3.31. The van der Waals surface area contributed by atoms with Crippen LogP contribution in [0.25, 0.3) is 0 Å². The lowest BCUT2D eigenvalue weighted by molar-refractivity contribution is -0.119. The maximum absolute atomic E-state index is 14.2. The summed E-state index contributed by atoms with van der Waals surface area (Å²) in [5.41, 5.74) is 0.797. The predicted molar refractivity (Wildman–Crippen MR) is 83.0 cm³/mol. The van der Waals surface area contributed by atoms with Crippen LogP contribution in [0, 0.1) is 28.6 Å². The van der Waals surface area contributed by atoms with E-state index in [4.69, 9.17) is 0 Å². The Labute approximate surface area is 132 Å². The zero-order valence-electron chi connectivity index (χ0n) is 13.5. The van der Waals surface area contributed by atoms with Crippen LogP contribution in [-0.4, -0.2) is 23.7 Å². The minimum absolute atomic E-state index is 0.0460. The summed E-state index contributed by atoms with van der Waals surface area (Å²) in [7, 11) is 0. The van der Waals surface area contributed by atoms with Gasteiger partial charge in [-0.15, -0.1) is 0 Å². The summed E-state index contributed by atoms with van der Waals surface area (Å²) in [5, 5.41) is 10.4. The molecule has 22 heavy (non-hydrogen) atoms. The molecule has 0 amide bonds. The van der Waals surface area contributed by atoms with Crippen LogP contribution >= 0.6 is 0 Å². The summed E-state index contributed by atoms with van der Waals surface area (Å²) in [4.78, 5) is 11.8. The number of ketones is 1. The maximum Gasteiger partial charge on any atom is 0.155 e. The van der Waals surface area contributed by atoms with E-state index in [0.29, 0.717) is 30.6 Å². The first-order chi connectivity index (χ1) is 10.5. The zero-order valence-corrected chi connectivity index (χ0v) is 13.5. The molecular weight excluding hydrogens is 279 g/mol. The second kappa shape index (κ2) is 4.90. The highest BCUT2D eigenvalue weighted by Gasteiger charge is 2.60. The van der Waals surface area contributed by atoms with Gasteiger partial charge in [-0.05, 0) is 74.2 Å². The van der Waals surface area contributed by atoms with Crippen LogP contribution in [-0.2, 0) is 4.79 Å². The van der Waals surface area contributed by atoms with Gasteiger partial charge in [0, 0.05) is 11.8 Å². The first-order valence-corrected chi connectivity index (χ1v) is 8.99. The Morgan fingerprint density at radius 1 is 1.18 bits per heavy atom. The van der Waals surface area contributed by atoms with Gasteiger partial charge in [-0.2, -0.15) is 0 Å². The number of hydrogen-bond donors (Lipinski definition) is 1. The molecule has 0 aromatic rings. The molecule has 1 unspecified atom stereocenters. The van der Waals surface area contributed by atoms with E-state index in [1.165, 1.54) is 0 Å². The molecule has 0 bridgehead atoms. The van der Waals surface area contributed by atoms with E-state index in [0.717, 1.165) is 44.1 Å². The molecule has 4 rings (SSSR count). The number of carbonyl (C=O) groups excluding carboxylic acids is 1. The predicted octanol–water partition coefficient (Wildman–Crippen LogP) is 3.83. The van der Waals surface area contributed by atoms with Gasteiger partial charge in [-0.3, -0.25) is 9.18 Å². The van der Waals surface area contributed by atoms with Crippen molar-refractivity contribution in [1.82, 2.24) is 0 Å². The van der Waals surface area contributed by atoms with Gasteiger partial charge in [-0.25, -0.2) is 0 Å². The lowest BCUT2D eigenvalue weighted by Crippen LogP contribution is -2.53. The topological polar surface area (TPSA) is 37.3 Å². The van der Waals surface area contributed by atoms with E-state index in [1.54, 1.807) is 6.08 Å². The highest BCUT2D eigenvalue weighted by Crippen LogP contribution is 2.65. The van der Waals surface area contributed by atoms with Crippen molar-refractivity contribution >= 4 is 5.78 Å². The first kappa shape index (κ1) is 14.9. The fourth-order valence-corrected chi connectivity index (χ4v) is 6.58. The summed E-state index contributed by atoms with van der Waals surface area (Å²) in [6, 6.07) is 0. The third kappa shape index (κ3) is 1.78. The molecule has 0 radical (unpaired) electrons. The molecule has 3 fully saturated rings. The fraction of sp³-hybridized carbons (Fsp3) is 0.842. The van der Waals surface area contributed by atoms with Crippen LogP contribution in [0.15, 0.2) is 11.6 Å². The van der Waals surface area contributed by atoms with Gasteiger partial charge in [0.05, 0.1) is 12.8 Å².